The molecule has 1 atom stereocenters. The lowest BCUT2D eigenvalue weighted by Gasteiger charge is -2.34. The Hall–Kier alpha value is -3.53. The van der Waals surface area contributed by atoms with Crippen LogP contribution in [0.15, 0.2) is 59.1 Å². The van der Waals surface area contributed by atoms with Crippen LogP contribution in [0, 0.1) is 6.92 Å². The van der Waals surface area contributed by atoms with Gasteiger partial charge >= 0.3 is 12.1 Å². The number of aromatic carboxylic acids is 1. The zero-order valence-corrected chi connectivity index (χ0v) is 23.7. The van der Waals surface area contributed by atoms with Crippen molar-refractivity contribution in [3.8, 4) is 5.75 Å². The van der Waals surface area contributed by atoms with Gasteiger partial charge in [-0.2, -0.15) is 13.2 Å². The first-order chi connectivity index (χ1) is 19.0. The molecule has 3 aromatic rings. The van der Waals surface area contributed by atoms with Gasteiger partial charge in [-0.1, -0.05) is 40.2 Å². The van der Waals surface area contributed by atoms with Crippen LogP contribution in [0.4, 0.5) is 18.9 Å². The topological polar surface area (TPSA) is 78.9 Å². The Labute approximate surface area is 239 Å². The number of carbonyl (C=O) groups excluding carboxylic acids is 1. The van der Waals surface area contributed by atoms with Crippen LogP contribution in [0.3, 0.4) is 0 Å². The summed E-state index contributed by atoms with van der Waals surface area (Å²) in [6.07, 6.45) is -1.39. The first-order valence-electron chi connectivity index (χ1n) is 12.9. The number of alkyl halides is 3. The van der Waals surface area contributed by atoms with Crippen LogP contribution in [0.5, 0.6) is 5.75 Å². The molecule has 1 saturated heterocycles. The van der Waals surface area contributed by atoms with E-state index < -0.39 is 23.8 Å². The van der Waals surface area contributed by atoms with E-state index in [9.17, 15) is 27.9 Å². The predicted molar refractivity (Wildman–Crippen MR) is 150 cm³/mol. The summed E-state index contributed by atoms with van der Waals surface area (Å²) < 4.78 is 45.6. The molecule has 6 nitrogen and oxygen atoms in total. The van der Waals surface area contributed by atoms with Crippen molar-refractivity contribution in [1.29, 1.82) is 0 Å². The second kappa shape index (κ2) is 12.3. The summed E-state index contributed by atoms with van der Waals surface area (Å²) in [5.41, 5.74) is 2.89. The molecule has 4 rings (SSSR count). The summed E-state index contributed by atoms with van der Waals surface area (Å²) in [5.74, 6) is -1.44. The summed E-state index contributed by atoms with van der Waals surface area (Å²) in [4.78, 5) is 27.3. The van der Waals surface area contributed by atoms with E-state index in [0.717, 1.165) is 61.3 Å². The van der Waals surface area contributed by atoms with Gasteiger partial charge in [0.05, 0.1) is 25.1 Å². The van der Waals surface area contributed by atoms with E-state index in [4.69, 9.17) is 4.74 Å². The molecule has 1 aliphatic rings. The van der Waals surface area contributed by atoms with Crippen molar-refractivity contribution in [2.75, 3.05) is 25.1 Å². The fourth-order valence-electron chi connectivity index (χ4n) is 5.09. The highest BCUT2D eigenvalue weighted by Gasteiger charge is 2.31. The average Bonchev–Trinajstić information content (AvgIpc) is 2.92. The molecule has 3 aromatic carbocycles. The van der Waals surface area contributed by atoms with Crippen molar-refractivity contribution < 1.29 is 32.6 Å². The Bertz CT molecular complexity index is 1390. The van der Waals surface area contributed by atoms with Crippen LogP contribution >= 0.6 is 15.9 Å². The fraction of sp³-hybridized carbons (Fsp3) is 0.333. The van der Waals surface area contributed by atoms with Gasteiger partial charge < -0.3 is 20.1 Å². The number of hydrogen-bond acceptors (Lipinski definition) is 4. The monoisotopic (exact) mass is 618 g/mol. The third-order valence-electron chi connectivity index (χ3n) is 7.11. The van der Waals surface area contributed by atoms with Gasteiger partial charge in [-0.15, -0.1) is 0 Å². The molecule has 10 heteroatoms. The molecule has 212 valence electrons. The number of rotatable bonds is 8. The lowest BCUT2D eigenvalue weighted by Crippen LogP contribution is -2.35. The number of nitrogens with zero attached hydrogens (tertiary/aromatic N) is 1. The van der Waals surface area contributed by atoms with Crippen molar-refractivity contribution in [3.63, 3.8) is 0 Å². The summed E-state index contributed by atoms with van der Waals surface area (Å²) in [6.45, 7) is 3.64. The highest BCUT2D eigenvalue weighted by Crippen LogP contribution is 2.37. The highest BCUT2D eigenvalue weighted by molar-refractivity contribution is 9.10. The lowest BCUT2D eigenvalue weighted by atomic mass is 9.91. The Kier molecular flexibility index (Phi) is 9.08. The van der Waals surface area contributed by atoms with E-state index in [1.807, 2.05) is 25.1 Å². The number of nitrogens with one attached hydrogen (secondary N) is 1. The minimum absolute atomic E-state index is 0.0488. The number of carbonyl (C=O) groups is 2. The van der Waals surface area contributed by atoms with Gasteiger partial charge in [0.1, 0.15) is 11.3 Å². The minimum Gasteiger partial charge on any atom is -0.496 e. The predicted octanol–water partition coefficient (Wildman–Crippen LogP) is 6.92. The van der Waals surface area contributed by atoms with Crippen LogP contribution in [0.2, 0.25) is 0 Å². The minimum atomic E-state index is -4.48. The Morgan fingerprint density at radius 2 is 1.75 bits per heavy atom. The zero-order valence-electron chi connectivity index (χ0n) is 22.1. The van der Waals surface area contributed by atoms with Crippen LogP contribution in [-0.4, -0.2) is 37.2 Å². The van der Waals surface area contributed by atoms with Gasteiger partial charge in [0.25, 0.3) is 0 Å². The van der Waals surface area contributed by atoms with Gasteiger partial charge in [-0.05, 0) is 73.2 Å². The van der Waals surface area contributed by atoms with Crippen molar-refractivity contribution >= 4 is 33.5 Å². The molecule has 1 aliphatic heterocycles. The maximum absolute atomic E-state index is 13.5. The fourth-order valence-corrected chi connectivity index (χ4v) is 5.57. The van der Waals surface area contributed by atoms with Crippen molar-refractivity contribution in [3.05, 3.63) is 92.5 Å². The first-order valence-corrected chi connectivity index (χ1v) is 13.7. The number of aryl methyl sites for hydroxylation is 1. The Morgan fingerprint density at radius 1 is 1.07 bits per heavy atom. The van der Waals surface area contributed by atoms with Gasteiger partial charge in [-0.25, -0.2) is 4.79 Å². The molecule has 1 heterocycles. The van der Waals surface area contributed by atoms with E-state index in [1.54, 1.807) is 0 Å². The maximum Gasteiger partial charge on any atom is 0.416 e. The molecule has 40 heavy (non-hydrogen) atoms. The van der Waals surface area contributed by atoms with E-state index in [-0.39, 0.29) is 23.6 Å². The zero-order chi connectivity index (χ0) is 29.0. The third kappa shape index (κ3) is 6.60. The summed E-state index contributed by atoms with van der Waals surface area (Å²) in [6, 6.07) is 12.9. The van der Waals surface area contributed by atoms with Crippen molar-refractivity contribution in [2.24, 2.45) is 0 Å². The number of amides is 1. The quantitative estimate of drug-likeness (QED) is 0.286. The Balaban J connectivity index is 1.73. The smallest absolute Gasteiger partial charge is 0.416 e. The summed E-state index contributed by atoms with van der Waals surface area (Å²) in [7, 11) is 1.35. The number of carboxylic acid groups (broad SMARTS) is 1. The molecule has 1 unspecified atom stereocenters. The highest BCUT2D eigenvalue weighted by atomic mass is 79.9. The molecule has 0 saturated carbocycles. The SMILES string of the molecule is COc1cc(CC(=O)NC(c2ccc(C(F)(F)F)cc2)c2c(C)cccc2N2CCCCC2)c(Br)cc1C(=O)O. The molecule has 0 aliphatic carbocycles. The number of piperidine rings is 1. The first kappa shape index (κ1) is 29.5. The van der Waals surface area contributed by atoms with E-state index in [2.05, 4.69) is 26.1 Å². The normalized spacial score (nSPS) is 14.5. The molecule has 0 radical (unpaired) electrons. The van der Waals surface area contributed by atoms with Gasteiger partial charge in [0.15, 0.2) is 0 Å². The molecule has 0 bridgehead atoms. The number of hydrogen-bond donors (Lipinski definition) is 2. The Morgan fingerprint density at radius 3 is 2.35 bits per heavy atom. The lowest BCUT2D eigenvalue weighted by molar-refractivity contribution is -0.137. The van der Waals surface area contributed by atoms with Crippen molar-refractivity contribution in [2.45, 2.75) is 44.8 Å². The van der Waals surface area contributed by atoms with Gasteiger partial charge in [0.2, 0.25) is 5.91 Å². The van der Waals surface area contributed by atoms with E-state index >= 15 is 0 Å². The molecule has 0 spiro atoms. The van der Waals surface area contributed by atoms with Crippen LogP contribution < -0.4 is 15.0 Å². The molecule has 0 aromatic heterocycles. The van der Waals surface area contributed by atoms with Gasteiger partial charge in [0, 0.05) is 28.8 Å². The molecule has 1 amide bonds. The average molecular weight is 619 g/mol. The number of anilines is 1. The third-order valence-corrected chi connectivity index (χ3v) is 7.85. The van der Waals surface area contributed by atoms with Gasteiger partial charge in [-0.3, -0.25) is 4.79 Å². The molecular formula is C30H30BrF3N2O4. The van der Waals surface area contributed by atoms with Crippen LogP contribution in [0.25, 0.3) is 0 Å². The number of ether oxygens (including phenoxy) is 1. The number of carboxylic acids is 1. The molecule has 2 N–H and O–H groups in total. The van der Waals surface area contributed by atoms with Crippen LogP contribution in [0.1, 0.15) is 63.5 Å². The van der Waals surface area contributed by atoms with E-state index in [1.165, 1.54) is 31.4 Å². The second-order valence-electron chi connectivity index (χ2n) is 9.80. The number of methoxy groups -OCH3 is 1. The summed E-state index contributed by atoms with van der Waals surface area (Å²) >= 11 is 3.35. The summed E-state index contributed by atoms with van der Waals surface area (Å²) in [5, 5.41) is 12.5. The number of benzene rings is 3. The number of halogens is 4. The van der Waals surface area contributed by atoms with Crippen molar-refractivity contribution in [1.82, 2.24) is 5.32 Å². The molecular weight excluding hydrogens is 589 g/mol. The van der Waals surface area contributed by atoms with E-state index in [0.29, 0.717) is 15.6 Å². The largest absolute Gasteiger partial charge is 0.496 e. The standard InChI is InChI=1S/C30H30BrF3N2O4/c1-18-7-6-8-24(36-13-4-3-5-14-36)27(18)28(19-9-11-21(12-10-19)30(32,33)34)35-26(37)16-20-15-25(40-2)22(29(38)39)17-23(20)31/h6-12,15,17,28H,3-5,13-14,16H2,1-2H3,(H,35,37)(H,38,39). The molecule has 1 fully saturated rings. The van der Waals surface area contributed by atoms with Crippen LogP contribution in [-0.2, 0) is 17.4 Å². The maximum atomic E-state index is 13.5. The second-order valence-corrected chi connectivity index (χ2v) is 10.7.